The van der Waals surface area contributed by atoms with E-state index in [4.69, 9.17) is 13.9 Å². The molecule has 10 nitrogen and oxygen atoms in total. The third-order valence-electron chi connectivity index (χ3n) is 5.18. The number of hydrogen-bond donors (Lipinski definition) is 2. The van der Waals surface area contributed by atoms with Crippen molar-refractivity contribution < 1.29 is 23.5 Å². The highest BCUT2D eigenvalue weighted by molar-refractivity contribution is 5.99. The van der Waals surface area contributed by atoms with Gasteiger partial charge in [-0.25, -0.2) is 0 Å². The maximum atomic E-state index is 12.9. The van der Waals surface area contributed by atoms with E-state index >= 15 is 0 Å². The number of rotatable bonds is 6. The Bertz CT molecular complexity index is 1060. The first kappa shape index (κ1) is 20.5. The van der Waals surface area contributed by atoms with E-state index in [0.717, 1.165) is 12.8 Å². The van der Waals surface area contributed by atoms with Gasteiger partial charge in [0.2, 0.25) is 11.9 Å². The van der Waals surface area contributed by atoms with Crippen molar-refractivity contribution in [3.05, 3.63) is 42.4 Å². The number of carbonyl (C=O) groups excluding carboxylic acids is 2. The van der Waals surface area contributed by atoms with E-state index in [1.807, 2.05) is 0 Å². The molecule has 0 saturated carbocycles. The summed E-state index contributed by atoms with van der Waals surface area (Å²) in [5, 5.41) is 9.60. The fourth-order valence-corrected chi connectivity index (χ4v) is 3.61. The molecule has 0 aliphatic carbocycles. The maximum Gasteiger partial charge on any atom is 0.290 e. The molecule has 0 bridgehead atoms. The molecule has 1 aliphatic heterocycles. The minimum Gasteiger partial charge on any atom is -0.497 e. The number of nitrogens with one attached hydrogen (secondary N) is 2. The molecule has 162 valence electrons. The Morgan fingerprint density at radius 3 is 2.84 bits per heavy atom. The lowest BCUT2D eigenvalue weighted by molar-refractivity contribution is -0.121. The summed E-state index contributed by atoms with van der Waals surface area (Å²) in [7, 11) is 3.12. The predicted octanol–water partition coefficient (Wildman–Crippen LogP) is 2.72. The summed E-state index contributed by atoms with van der Waals surface area (Å²) >= 11 is 0. The Balaban J connectivity index is 1.50. The standard InChI is InChI=1S/C21H23N5O5/c1-29-13-8-9-14(17(12-13)30-2)18-22-21(25-24-18)23-19(27)15-6-3-4-10-26(15)20(28)16-7-5-11-31-16/h5,7-9,11-12,15H,3-4,6,10H2,1-2H3,(H2,22,23,24,25,27). The lowest BCUT2D eigenvalue weighted by Crippen LogP contribution is -2.50. The first-order valence-electron chi connectivity index (χ1n) is 9.91. The van der Waals surface area contributed by atoms with Gasteiger partial charge in [-0.1, -0.05) is 0 Å². The van der Waals surface area contributed by atoms with Gasteiger partial charge in [-0.2, -0.15) is 4.98 Å². The fourth-order valence-electron chi connectivity index (χ4n) is 3.61. The van der Waals surface area contributed by atoms with Crippen LogP contribution in [0.3, 0.4) is 0 Å². The van der Waals surface area contributed by atoms with E-state index in [1.165, 1.54) is 11.2 Å². The highest BCUT2D eigenvalue weighted by atomic mass is 16.5. The lowest BCUT2D eigenvalue weighted by atomic mass is 10.0. The van der Waals surface area contributed by atoms with Gasteiger partial charge in [0, 0.05) is 12.6 Å². The molecule has 2 N–H and O–H groups in total. The molecule has 1 aromatic carbocycles. The first-order valence-corrected chi connectivity index (χ1v) is 9.91. The van der Waals surface area contributed by atoms with Crippen molar-refractivity contribution in [1.82, 2.24) is 20.1 Å². The van der Waals surface area contributed by atoms with Crippen molar-refractivity contribution in [2.24, 2.45) is 0 Å². The van der Waals surface area contributed by atoms with Gasteiger partial charge in [0.05, 0.1) is 26.0 Å². The molecule has 31 heavy (non-hydrogen) atoms. The lowest BCUT2D eigenvalue weighted by Gasteiger charge is -2.33. The van der Waals surface area contributed by atoms with Crippen molar-refractivity contribution in [3.8, 4) is 22.9 Å². The molecule has 3 heterocycles. The number of aromatic nitrogens is 3. The second kappa shape index (κ2) is 8.90. The van der Waals surface area contributed by atoms with Crippen LogP contribution in [0.15, 0.2) is 41.0 Å². The van der Waals surface area contributed by atoms with Crippen molar-refractivity contribution in [2.75, 3.05) is 26.1 Å². The van der Waals surface area contributed by atoms with Crippen molar-refractivity contribution in [2.45, 2.75) is 25.3 Å². The van der Waals surface area contributed by atoms with Gasteiger partial charge < -0.3 is 18.8 Å². The number of hydrogen-bond acceptors (Lipinski definition) is 7. The third-order valence-corrected chi connectivity index (χ3v) is 5.18. The minimum absolute atomic E-state index is 0.119. The summed E-state index contributed by atoms with van der Waals surface area (Å²) in [6, 6.07) is 7.91. The van der Waals surface area contributed by atoms with Gasteiger partial charge in [0.15, 0.2) is 11.6 Å². The number of benzene rings is 1. The highest BCUT2D eigenvalue weighted by Crippen LogP contribution is 2.31. The number of likely N-dealkylation sites (tertiary alicyclic amines) is 1. The van der Waals surface area contributed by atoms with E-state index in [2.05, 4.69) is 20.5 Å². The zero-order chi connectivity index (χ0) is 21.8. The van der Waals surface area contributed by atoms with Crippen LogP contribution in [0.2, 0.25) is 0 Å². The van der Waals surface area contributed by atoms with Crippen LogP contribution in [-0.4, -0.2) is 58.7 Å². The number of amides is 2. The zero-order valence-electron chi connectivity index (χ0n) is 17.3. The van der Waals surface area contributed by atoms with Gasteiger partial charge in [-0.3, -0.25) is 20.0 Å². The van der Waals surface area contributed by atoms with Crippen LogP contribution in [-0.2, 0) is 4.79 Å². The summed E-state index contributed by atoms with van der Waals surface area (Å²) in [5.41, 5.74) is 0.670. The Morgan fingerprint density at radius 2 is 2.10 bits per heavy atom. The fraction of sp³-hybridized carbons (Fsp3) is 0.333. The van der Waals surface area contributed by atoms with E-state index in [9.17, 15) is 9.59 Å². The van der Waals surface area contributed by atoms with Crippen LogP contribution in [0, 0.1) is 0 Å². The number of furan rings is 1. The normalized spacial score (nSPS) is 16.1. The molecular formula is C21H23N5O5. The number of H-pyrrole nitrogens is 1. The number of aromatic amines is 1. The average molecular weight is 425 g/mol. The van der Waals surface area contributed by atoms with Crippen LogP contribution in [0.25, 0.3) is 11.4 Å². The Labute approximate surface area is 178 Å². The molecule has 0 radical (unpaired) electrons. The van der Waals surface area contributed by atoms with Crippen LogP contribution < -0.4 is 14.8 Å². The van der Waals surface area contributed by atoms with Gasteiger partial charge >= 0.3 is 0 Å². The van der Waals surface area contributed by atoms with Gasteiger partial charge in [0.1, 0.15) is 17.5 Å². The van der Waals surface area contributed by atoms with E-state index in [1.54, 1.807) is 44.6 Å². The number of carbonyl (C=O) groups is 2. The quantitative estimate of drug-likeness (QED) is 0.622. The molecular weight excluding hydrogens is 402 g/mol. The highest BCUT2D eigenvalue weighted by Gasteiger charge is 2.34. The maximum absolute atomic E-state index is 12.9. The second-order valence-corrected chi connectivity index (χ2v) is 7.05. The molecule has 4 rings (SSSR count). The Kier molecular flexibility index (Phi) is 5.87. The molecule has 1 atom stereocenters. The molecule has 10 heteroatoms. The summed E-state index contributed by atoms with van der Waals surface area (Å²) in [5.74, 6) is 1.32. The molecule has 2 amide bonds. The topological polar surface area (TPSA) is 123 Å². The van der Waals surface area contributed by atoms with E-state index < -0.39 is 6.04 Å². The van der Waals surface area contributed by atoms with E-state index in [-0.39, 0.29) is 23.5 Å². The largest absolute Gasteiger partial charge is 0.497 e. The number of piperidine rings is 1. The third kappa shape index (κ3) is 4.23. The molecule has 1 saturated heterocycles. The van der Waals surface area contributed by atoms with Crippen molar-refractivity contribution in [3.63, 3.8) is 0 Å². The number of methoxy groups -OCH3 is 2. The van der Waals surface area contributed by atoms with Gasteiger partial charge in [0.25, 0.3) is 5.91 Å². The molecule has 1 aliphatic rings. The van der Waals surface area contributed by atoms with Gasteiger partial charge in [-0.05, 0) is 43.5 Å². The van der Waals surface area contributed by atoms with Crippen LogP contribution in [0.5, 0.6) is 11.5 Å². The SMILES string of the molecule is COc1ccc(-c2nc(NC(=O)C3CCCCN3C(=O)c3ccco3)n[nH]2)c(OC)c1. The summed E-state index contributed by atoms with van der Waals surface area (Å²) in [6.07, 6.45) is 3.68. The minimum atomic E-state index is -0.621. The van der Waals surface area contributed by atoms with Crippen molar-refractivity contribution >= 4 is 17.8 Å². The average Bonchev–Trinajstić information content (AvgIpc) is 3.50. The summed E-state index contributed by atoms with van der Waals surface area (Å²) in [6.45, 7) is 0.486. The second-order valence-electron chi connectivity index (χ2n) is 7.05. The number of ether oxygens (including phenoxy) is 2. The van der Waals surface area contributed by atoms with Crippen LogP contribution in [0.4, 0.5) is 5.95 Å². The number of anilines is 1. The van der Waals surface area contributed by atoms with Crippen LogP contribution >= 0.6 is 0 Å². The smallest absolute Gasteiger partial charge is 0.290 e. The molecule has 1 unspecified atom stereocenters. The molecule has 1 fully saturated rings. The molecule has 3 aromatic rings. The van der Waals surface area contributed by atoms with Crippen molar-refractivity contribution in [1.29, 1.82) is 0 Å². The molecule has 0 spiro atoms. The predicted molar refractivity (Wildman–Crippen MR) is 111 cm³/mol. The monoisotopic (exact) mass is 425 g/mol. The summed E-state index contributed by atoms with van der Waals surface area (Å²) < 4.78 is 15.8. The van der Waals surface area contributed by atoms with E-state index in [0.29, 0.717) is 35.9 Å². The first-order chi connectivity index (χ1) is 15.1. The van der Waals surface area contributed by atoms with Gasteiger partial charge in [-0.15, -0.1) is 5.10 Å². The molecule has 2 aromatic heterocycles. The Hall–Kier alpha value is -3.82. The number of nitrogens with zero attached hydrogens (tertiary/aromatic N) is 3. The zero-order valence-corrected chi connectivity index (χ0v) is 17.3. The Morgan fingerprint density at radius 1 is 1.23 bits per heavy atom. The van der Waals surface area contributed by atoms with Crippen LogP contribution in [0.1, 0.15) is 29.8 Å². The summed E-state index contributed by atoms with van der Waals surface area (Å²) in [4.78, 5) is 31.6.